The number of rotatable bonds is 6. The number of hydrogen-bond donors (Lipinski definition) is 2. The zero-order valence-electron chi connectivity index (χ0n) is 13.7. The van der Waals surface area contributed by atoms with Crippen LogP contribution in [0.3, 0.4) is 0 Å². The first kappa shape index (κ1) is 19.5. The van der Waals surface area contributed by atoms with Crippen molar-refractivity contribution in [2.45, 2.75) is 45.2 Å². The van der Waals surface area contributed by atoms with Crippen molar-refractivity contribution in [1.82, 2.24) is 15.5 Å². The monoisotopic (exact) mass is 343 g/mol. The summed E-state index contributed by atoms with van der Waals surface area (Å²) in [5.41, 5.74) is 0. The molecule has 1 atom stereocenters. The molecular formula is C16H26ClN3O3. The minimum atomic E-state index is -0.556. The fourth-order valence-electron chi connectivity index (χ4n) is 2.82. The van der Waals surface area contributed by atoms with Gasteiger partial charge in [0.1, 0.15) is 6.04 Å². The molecule has 1 aliphatic heterocycles. The van der Waals surface area contributed by atoms with Crippen LogP contribution in [0.15, 0.2) is 22.8 Å². The summed E-state index contributed by atoms with van der Waals surface area (Å²) in [4.78, 5) is 26.6. The molecule has 0 radical (unpaired) electrons. The van der Waals surface area contributed by atoms with E-state index < -0.39 is 6.04 Å². The second kappa shape index (κ2) is 9.57. The lowest BCUT2D eigenvalue weighted by atomic mass is 10.0. The summed E-state index contributed by atoms with van der Waals surface area (Å²) in [5.74, 6) is -0.148. The molecule has 7 heteroatoms. The summed E-state index contributed by atoms with van der Waals surface area (Å²) >= 11 is 0. The fourth-order valence-corrected chi connectivity index (χ4v) is 2.82. The summed E-state index contributed by atoms with van der Waals surface area (Å²) in [7, 11) is 0. The van der Waals surface area contributed by atoms with E-state index in [1.807, 2.05) is 4.90 Å². The second-order valence-electron chi connectivity index (χ2n) is 5.69. The molecule has 0 saturated carbocycles. The number of nitrogens with zero attached hydrogens (tertiary/aromatic N) is 1. The van der Waals surface area contributed by atoms with E-state index >= 15 is 0 Å². The molecule has 0 bridgehead atoms. The molecule has 1 saturated heterocycles. The van der Waals surface area contributed by atoms with E-state index in [2.05, 4.69) is 17.6 Å². The normalized spacial score (nSPS) is 16.3. The van der Waals surface area contributed by atoms with Crippen molar-refractivity contribution in [3.05, 3.63) is 24.2 Å². The maximum Gasteiger partial charge on any atom is 0.287 e. The van der Waals surface area contributed by atoms with Crippen LogP contribution >= 0.6 is 12.4 Å². The van der Waals surface area contributed by atoms with Crippen LogP contribution in [-0.4, -0.2) is 48.4 Å². The Labute approximate surface area is 143 Å². The number of piperidine rings is 1. The molecule has 1 aliphatic rings. The molecular weight excluding hydrogens is 318 g/mol. The van der Waals surface area contributed by atoms with Crippen LogP contribution in [-0.2, 0) is 4.79 Å². The molecule has 2 N–H and O–H groups in total. The number of hydrogen-bond acceptors (Lipinski definition) is 4. The van der Waals surface area contributed by atoms with Gasteiger partial charge >= 0.3 is 0 Å². The van der Waals surface area contributed by atoms with Gasteiger partial charge in [0.25, 0.3) is 5.91 Å². The number of carbonyl (C=O) groups is 2. The molecule has 1 aromatic heterocycles. The molecule has 0 aromatic carbocycles. The Kier molecular flexibility index (Phi) is 8.12. The molecule has 1 unspecified atom stereocenters. The Morgan fingerprint density at radius 3 is 2.70 bits per heavy atom. The quantitative estimate of drug-likeness (QED) is 0.826. The predicted molar refractivity (Wildman–Crippen MR) is 90.8 cm³/mol. The molecule has 130 valence electrons. The topological polar surface area (TPSA) is 74.6 Å². The third kappa shape index (κ3) is 5.25. The van der Waals surface area contributed by atoms with E-state index in [0.717, 1.165) is 38.9 Å². The van der Waals surface area contributed by atoms with Gasteiger partial charge in [0, 0.05) is 12.6 Å². The Balaban J connectivity index is 0.00000264. The van der Waals surface area contributed by atoms with Gasteiger partial charge in [-0.25, -0.2) is 0 Å². The Morgan fingerprint density at radius 1 is 1.43 bits per heavy atom. The number of amides is 2. The smallest absolute Gasteiger partial charge is 0.287 e. The van der Waals surface area contributed by atoms with Crippen molar-refractivity contribution in [2.75, 3.05) is 19.6 Å². The molecule has 2 heterocycles. The molecule has 0 aliphatic carbocycles. The van der Waals surface area contributed by atoms with Crippen molar-refractivity contribution >= 4 is 24.2 Å². The molecule has 0 spiro atoms. The van der Waals surface area contributed by atoms with Gasteiger partial charge in [-0.3, -0.25) is 9.59 Å². The maximum atomic E-state index is 12.7. The summed E-state index contributed by atoms with van der Waals surface area (Å²) in [6.07, 6.45) is 4.28. The SMILES string of the molecule is CCCN(C(=O)C(C)NC(=O)c1ccco1)C1CCNCC1.Cl. The van der Waals surface area contributed by atoms with Crippen molar-refractivity contribution < 1.29 is 14.0 Å². The van der Waals surface area contributed by atoms with Crippen LogP contribution < -0.4 is 10.6 Å². The van der Waals surface area contributed by atoms with Crippen molar-refractivity contribution in [2.24, 2.45) is 0 Å². The van der Waals surface area contributed by atoms with Crippen LogP contribution in [0.4, 0.5) is 0 Å². The molecule has 2 amide bonds. The standard InChI is InChI=1S/C16H25N3O3.ClH/c1-3-10-19(13-6-8-17-9-7-13)16(21)12(2)18-15(20)14-5-4-11-22-14;/h4-5,11-13,17H,3,6-10H2,1-2H3,(H,18,20);1H. The Morgan fingerprint density at radius 2 is 2.13 bits per heavy atom. The zero-order chi connectivity index (χ0) is 15.9. The predicted octanol–water partition coefficient (Wildman–Crippen LogP) is 1.81. The molecule has 2 rings (SSSR count). The Hall–Kier alpha value is -1.53. The molecule has 1 fully saturated rings. The third-order valence-electron chi connectivity index (χ3n) is 3.96. The van der Waals surface area contributed by atoms with E-state index in [0.29, 0.717) is 0 Å². The molecule has 23 heavy (non-hydrogen) atoms. The first-order valence-corrected chi connectivity index (χ1v) is 7.99. The summed E-state index contributed by atoms with van der Waals surface area (Å²) in [6.45, 7) is 6.39. The average Bonchev–Trinajstić information content (AvgIpc) is 3.07. The highest BCUT2D eigenvalue weighted by atomic mass is 35.5. The van der Waals surface area contributed by atoms with E-state index in [1.165, 1.54) is 6.26 Å². The zero-order valence-corrected chi connectivity index (χ0v) is 14.5. The number of halogens is 1. The lowest BCUT2D eigenvalue weighted by Crippen LogP contribution is -2.53. The van der Waals surface area contributed by atoms with Gasteiger partial charge in [0.15, 0.2) is 5.76 Å². The average molecular weight is 344 g/mol. The van der Waals surface area contributed by atoms with Gasteiger partial charge < -0.3 is 20.0 Å². The van der Waals surface area contributed by atoms with Gasteiger partial charge in [-0.2, -0.15) is 0 Å². The van der Waals surface area contributed by atoms with Crippen molar-refractivity contribution in [3.8, 4) is 0 Å². The minimum absolute atomic E-state index is 0. The van der Waals surface area contributed by atoms with Gasteiger partial charge in [0.2, 0.25) is 5.91 Å². The fraction of sp³-hybridized carbons (Fsp3) is 0.625. The van der Waals surface area contributed by atoms with Crippen LogP contribution in [0, 0.1) is 0 Å². The van der Waals surface area contributed by atoms with Crippen LogP contribution in [0.5, 0.6) is 0 Å². The van der Waals surface area contributed by atoms with Crippen molar-refractivity contribution in [3.63, 3.8) is 0 Å². The van der Waals surface area contributed by atoms with Crippen LogP contribution in [0.25, 0.3) is 0 Å². The summed E-state index contributed by atoms with van der Waals surface area (Å²) in [6, 6.07) is 2.94. The summed E-state index contributed by atoms with van der Waals surface area (Å²) < 4.78 is 5.06. The second-order valence-corrected chi connectivity index (χ2v) is 5.69. The van der Waals surface area contributed by atoms with Gasteiger partial charge in [0.05, 0.1) is 6.26 Å². The lowest BCUT2D eigenvalue weighted by molar-refractivity contribution is -0.135. The number of carbonyl (C=O) groups excluding carboxylic acids is 2. The Bertz CT molecular complexity index is 487. The first-order chi connectivity index (χ1) is 10.6. The van der Waals surface area contributed by atoms with Gasteiger partial charge in [-0.05, 0) is 51.4 Å². The maximum absolute atomic E-state index is 12.7. The first-order valence-electron chi connectivity index (χ1n) is 7.99. The van der Waals surface area contributed by atoms with Crippen LogP contribution in [0.1, 0.15) is 43.7 Å². The van der Waals surface area contributed by atoms with E-state index in [9.17, 15) is 9.59 Å². The largest absolute Gasteiger partial charge is 0.459 e. The highest BCUT2D eigenvalue weighted by molar-refractivity contribution is 5.95. The van der Waals surface area contributed by atoms with E-state index in [-0.39, 0.29) is 36.0 Å². The molecule has 6 nitrogen and oxygen atoms in total. The lowest BCUT2D eigenvalue weighted by Gasteiger charge is -2.36. The number of nitrogens with one attached hydrogen (secondary N) is 2. The van der Waals surface area contributed by atoms with Gasteiger partial charge in [-0.1, -0.05) is 6.92 Å². The van der Waals surface area contributed by atoms with E-state index in [1.54, 1.807) is 19.1 Å². The highest BCUT2D eigenvalue weighted by Crippen LogP contribution is 2.14. The molecule has 1 aromatic rings. The van der Waals surface area contributed by atoms with Crippen LogP contribution in [0.2, 0.25) is 0 Å². The highest BCUT2D eigenvalue weighted by Gasteiger charge is 2.29. The third-order valence-corrected chi connectivity index (χ3v) is 3.96. The van der Waals surface area contributed by atoms with E-state index in [4.69, 9.17) is 4.42 Å². The number of furan rings is 1. The van der Waals surface area contributed by atoms with Crippen molar-refractivity contribution in [1.29, 1.82) is 0 Å². The minimum Gasteiger partial charge on any atom is -0.459 e. The summed E-state index contributed by atoms with van der Waals surface area (Å²) in [5, 5.41) is 6.03. The van der Waals surface area contributed by atoms with Gasteiger partial charge in [-0.15, -0.1) is 12.4 Å².